The molecule has 1 fully saturated rings. The smallest absolute Gasteiger partial charge is 0.147 e. The van der Waals surface area contributed by atoms with Crippen molar-refractivity contribution in [2.24, 2.45) is 5.92 Å². The molecule has 2 heteroatoms. The van der Waals surface area contributed by atoms with Crippen LogP contribution >= 0.6 is 0 Å². The fraction of sp³-hybridized carbons (Fsp3) is 0.400. The minimum Gasteiger partial charge on any atom is -0.408 e. The molecular weight excluding hydrogens is 270 g/mol. The van der Waals surface area contributed by atoms with Crippen LogP contribution in [-0.2, 0) is 13.0 Å². The van der Waals surface area contributed by atoms with Crippen molar-refractivity contribution >= 4 is 0 Å². The van der Waals surface area contributed by atoms with Crippen molar-refractivity contribution < 1.29 is 4.84 Å². The molecule has 0 bridgehead atoms. The third kappa shape index (κ3) is 4.35. The summed E-state index contributed by atoms with van der Waals surface area (Å²) < 4.78 is 0. The highest BCUT2D eigenvalue weighted by Gasteiger charge is 2.15. The summed E-state index contributed by atoms with van der Waals surface area (Å²) in [6.45, 7) is 0.748. The second-order valence-electron chi connectivity index (χ2n) is 6.21. The van der Waals surface area contributed by atoms with E-state index in [0.29, 0.717) is 0 Å². The van der Waals surface area contributed by atoms with Crippen molar-refractivity contribution in [2.45, 2.75) is 45.1 Å². The largest absolute Gasteiger partial charge is 0.408 e. The van der Waals surface area contributed by atoms with Crippen molar-refractivity contribution in [3.63, 3.8) is 0 Å². The molecular formula is C20H25NO. The average Bonchev–Trinajstić information content (AvgIpc) is 2.58. The molecule has 0 aliphatic heterocycles. The van der Waals surface area contributed by atoms with Crippen LogP contribution < -0.4 is 10.3 Å². The predicted octanol–water partition coefficient (Wildman–Crippen LogP) is 4.89. The van der Waals surface area contributed by atoms with Gasteiger partial charge in [0.15, 0.2) is 0 Å². The topological polar surface area (TPSA) is 21.3 Å². The van der Waals surface area contributed by atoms with Crippen LogP contribution in [0.1, 0.15) is 43.2 Å². The lowest BCUT2D eigenvalue weighted by atomic mass is 9.84. The zero-order chi connectivity index (χ0) is 15.0. The van der Waals surface area contributed by atoms with Crippen LogP contribution in [0.5, 0.6) is 5.75 Å². The number of benzene rings is 2. The van der Waals surface area contributed by atoms with Gasteiger partial charge in [-0.25, -0.2) is 0 Å². The molecule has 0 amide bonds. The molecule has 1 aliphatic rings. The van der Waals surface area contributed by atoms with E-state index in [2.05, 4.69) is 29.7 Å². The van der Waals surface area contributed by atoms with Crippen LogP contribution in [0, 0.1) is 5.92 Å². The molecule has 0 spiro atoms. The van der Waals surface area contributed by atoms with E-state index in [4.69, 9.17) is 4.84 Å². The van der Waals surface area contributed by atoms with Gasteiger partial charge in [-0.15, -0.1) is 0 Å². The Bertz CT molecular complexity index is 561. The quantitative estimate of drug-likeness (QED) is 0.766. The SMILES string of the molecule is c1ccc(ONCc2ccccc2CC2CCCCC2)cc1. The van der Waals surface area contributed by atoms with Gasteiger partial charge in [-0.2, -0.15) is 5.48 Å². The summed E-state index contributed by atoms with van der Waals surface area (Å²) in [4.78, 5) is 5.60. The highest BCUT2D eigenvalue weighted by atomic mass is 16.6. The molecule has 1 saturated carbocycles. The second-order valence-corrected chi connectivity index (χ2v) is 6.21. The first-order valence-electron chi connectivity index (χ1n) is 8.43. The van der Waals surface area contributed by atoms with Gasteiger partial charge in [0.2, 0.25) is 0 Å². The Morgan fingerprint density at radius 1 is 0.818 bits per heavy atom. The van der Waals surface area contributed by atoms with Gasteiger partial charge >= 0.3 is 0 Å². The predicted molar refractivity (Wildman–Crippen MR) is 90.6 cm³/mol. The first-order chi connectivity index (χ1) is 10.9. The molecule has 1 aliphatic carbocycles. The minimum absolute atomic E-state index is 0.748. The number of hydrogen-bond acceptors (Lipinski definition) is 2. The Morgan fingerprint density at radius 2 is 1.50 bits per heavy atom. The maximum absolute atomic E-state index is 5.60. The Kier molecular flexibility index (Phi) is 5.49. The van der Waals surface area contributed by atoms with Crippen molar-refractivity contribution in [1.29, 1.82) is 0 Å². The van der Waals surface area contributed by atoms with E-state index in [1.165, 1.54) is 49.7 Å². The third-order valence-electron chi connectivity index (χ3n) is 4.55. The number of nitrogens with one attached hydrogen (secondary N) is 1. The van der Waals surface area contributed by atoms with Crippen LogP contribution in [0.4, 0.5) is 0 Å². The van der Waals surface area contributed by atoms with Gasteiger partial charge in [0.05, 0.1) is 6.54 Å². The van der Waals surface area contributed by atoms with Crippen molar-refractivity contribution in [2.75, 3.05) is 0 Å². The zero-order valence-corrected chi connectivity index (χ0v) is 13.1. The van der Waals surface area contributed by atoms with Gasteiger partial charge in [-0.3, -0.25) is 0 Å². The van der Waals surface area contributed by atoms with E-state index >= 15 is 0 Å². The highest BCUT2D eigenvalue weighted by molar-refractivity contribution is 5.27. The lowest BCUT2D eigenvalue weighted by Gasteiger charge is -2.22. The molecule has 0 heterocycles. The zero-order valence-electron chi connectivity index (χ0n) is 13.1. The summed E-state index contributed by atoms with van der Waals surface area (Å²) in [5.41, 5.74) is 5.92. The monoisotopic (exact) mass is 295 g/mol. The van der Waals surface area contributed by atoms with E-state index in [1.807, 2.05) is 30.3 Å². The maximum atomic E-state index is 5.60. The van der Waals surface area contributed by atoms with E-state index in [9.17, 15) is 0 Å². The van der Waals surface area contributed by atoms with Crippen molar-refractivity contribution in [3.05, 3.63) is 65.7 Å². The van der Waals surface area contributed by atoms with Crippen LogP contribution in [0.25, 0.3) is 0 Å². The molecule has 2 aromatic carbocycles. The van der Waals surface area contributed by atoms with Crippen LogP contribution in [-0.4, -0.2) is 0 Å². The van der Waals surface area contributed by atoms with E-state index in [0.717, 1.165) is 18.2 Å². The van der Waals surface area contributed by atoms with Gasteiger partial charge in [0, 0.05) is 0 Å². The van der Waals surface area contributed by atoms with Gasteiger partial charge in [0.25, 0.3) is 0 Å². The van der Waals surface area contributed by atoms with Gasteiger partial charge in [0.1, 0.15) is 5.75 Å². The standard InChI is InChI=1S/C20H25NO/c1-3-9-17(10-4-1)15-18-11-7-8-12-19(18)16-21-22-20-13-5-2-6-14-20/h2,5-8,11-14,17,21H,1,3-4,9-10,15-16H2. The van der Waals surface area contributed by atoms with E-state index in [1.54, 1.807) is 0 Å². The van der Waals surface area contributed by atoms with Gasteiger partial charge in [-0.1, -0.05) is 74.6 Å². The Morgan fingerprint density at radius 3 is 2.27 bits per heavy atom. The fourth-order valence-corrected chi connectivity index (χ4v) is 3.32. The summed E-state index contributed by atoms with van der Waals surface area (Å²) in [6.07, 6.45) is 8.22. The molecule has 0 radical (unpaired) electrons. The fourth-order valence-electron chi connectivity index (χ4n) is 3.32. The highest BCUT2D eigenvalue weighted by Crippen LogP contribution is 2.27. The molecule has 3 rings (SSSR count). The summed E-state index contributed by atoms with van der Waals surface area (Å²) >= 11 is 0. The Balaban J connectivity index is 1.56. The average molecular weight is 295 g/mol. The summed E-state index contributed by atoms with van der Waals surface area (Å²) in [6, 6.07) is 18.6. The first kappa shape index (κ1) is 15.1. The van der Waals surface area contributed by atoms with Crippen LogP contribution in [0.3, 0.4) is 0 Å². The molecule has 0 aromatic heterocycles. The number of para-hydroxylation sites is 1. The number of hydrogen-bond donors (Lipinski definition) is 1. The summed E-state index contributed by atoms with van der Waals surface area (Å²) in [5.74, 6) is 1.72. The van der Waals surface area contributed by atoms with Gasteiger partial charge in [-0.05, 0) is 35.6 Å². The van der Waals surface area contributed by atoms with Gasteiger partial charge < -0.3 is 4.84 Å². The minimum atomic E-state index is 0.748. The Labute approximate surface area is 133 Å². The number of rotatable bonds is 6. The molecule has 2 nitrogen and oxygen atoms in total. The van der Waals surface area contributed by atoms with Crippen molar-refractivity contribution in [3.8, 4) is 5.75 Å². The third-order valence-corrected chi connectivity index (χ3v) is 4.55. The normalized spacial score (nSPS) is 15.6. The number of hydroxylamine groups is 1. The molecule has 1 N–H and O–H groups in total. The van der Waals surface area contributed by atoms with E-state index < -0.39 is 0 Å². The van der Waals surface area contributed by atoms with Crippen molar-refractivity contribution in [1.82, 2.24) is 5.48 Å². The molecule has 2 aromatic rings. The second kappa shape index (κ2) is 8.00. The van der Waals surface area contributed by atoms with Crippen LogP contribution in [0.2, 0.25) is 0 Å². The molecule has 0 saturated heterocycles. The van der Waals surface area contributed by atoms with Crippen LogP contribution in [0.15, 0.2) is 54.6 Å². The molecule has 0 atom stereocenters. The molecule has 22 heavy (non-hydrogen) atoms. The van der Waals surface area contributed by atoms with E-state index in [-0.39, 0.29) is 0 Å². The lowest BCUT2D eigenvalue weighted by Crippen LogP contribution is -2.19. The lowest BCUT2D eigenvalue weighted by molar-refractivity contribution is 0.190. The molecule has 0 unspecified atom stereocenters. The Hall–Kier alpha value is -1.80. The molecule has 116 valence electrons. The summed E-state index contributed by atoms with van der Waals surface area (Å²) in [7, 11) is 0. The summed E-state index contributed by atoms with van der Waals surface area (Å²) in [5, 5.41) is 0. The maximum Gasteiger partial charge on any atom is 0.147 e. The first-order valence-corrected chi connectivity index (χ1v) is 8.43.